The van der Waals surface area contributed by atoms with E-state index in [1.807, 2.05) is 19.1 Å². The van der Waals surface area contributed by atoms with Crippen molar-refractivity contribution in [1.29, 1.82) is 0 Å². The normalized spacial score (nSPS) is 11.7. The van der Waals surface area contributed by atoms with E-state index < -0.39 is 0 Å². The first kappa shape index (κ1) is 13.0. The van der Waals surface area contributed by atoms with E-state index in [-0.39, 0.29) is 6.04 Å². The molecular weight excluding hydrogens is 244 g/mol. The van der Waals surface area contributed by atoms with E-state index in [1.165, 1.54) is 6.33 Å². The van der Waals surface area contributed by atoms with Crippen LogP contribution in [-0.2, 0) is 0 Å². The largest absolute Gasteiger partial charge is 0.490 e. The van der Waals surface area contributed by atoms with Gasteiger partial charge in [0.15, 0.2) is 11.6 Å². The Bertz CT molecular complexity index is 533. The molecule has 2 rings (SSSR count). The van der Waals surface area contributed by atoms with E-state index in [1.54, 1.807) is 19.5 Å². The minimum Gasteiger partial charge on any atom is -0.490 e. The molecule has 1 unspecified atom stereocenters. The van der Waals surface area contributed by atoms with E-state index in [0.717, 1.165) is 5.56 Å². The summed E-state index contributed by atoms with van der Waals surface area (Å²) in [5.74, 6) is 6.85. The maximum absolute atomic E-state index is 5.38. The third-order valence-electron chi connectivity index (χ3n) is 2.68. The predicted octanol–water partition coefficient (Wildman–Crippen LogP) is 1.34. The number of nitrogens with zero attached hydrogens (tertiary/aromatic N) is 3. The summed E-state index contributed by atoms with van der Waals surface area (Å²) in [6.07, 6.45) is 4.95. The van der Waals surface area contributed by atoms with E-state index in [0.29, 0.717) is 17.4 Å². The number of hydrogen-bond acceptors (Lipinski definition) is 7. The van der Waals surface area contributed by atoms with Crippen LogP contribution in [0.25, 0.3) is 0 Å². The van der Waals surface area contributed by atoms with Crippen LogP contribution >= 0.6 is 0 Å². The SMILES string of the molecule is COc1c(NN)ncnc1NC(C)c1cccnc1. The minimum atomic E-state index is 0.0307. The maximum Gasteiger partial charge on any atom is 0.205 e. The summed E-state index contributed by atoms with van der Waals surface area (Å²) in [6.45, 7) is 2.01. The van der Waals surface area contributed by atoms with Gasteiger partial charge < -0.3 is 15.5 Å². The van der Waals surface area contributed by atoms with Crippen molar-refractivity contribution < 1.29 is 4.74 Å². The van der Waals surface area contributed by atoms with Gasteiger partial charge in [0.05, 0.1) is 13.2 Å². The lowest BCUT2D eigenvalue weighted by atomic mass is 10.1. The molecule has 0 saturated carbocycles. The molecule has 100 valence electrons. The van der Waals surface area contributed by atoms with Gasteiger partial charge in [0, 0.05) is 12.4 Å². The summed E-state index contributed by atoms with van der Waals surface area (Å²) in [7, 11) is 1.54. The fourth-order valence-electron chi connectivity index (χ4n) is 1.69. The molecule has 2 aromatic heterocycles. The number of anilines is 2. The minimum absolute atomic E-state index is 0.0307. The molecule has 2 aromatic rings. The van der Waals surface area contributed by atoms with Crippen LogP contribution in [0.4, 0.5) is 11.6 Å². The van der Waals surface area contributed by atoms with Crippen molar-refractivity contribution in [3.05, 3.63) is 36.4 Å². The monoisotopic (exact) mass is 260 g/mol. The van der Waals surface area contributed by atoms with Gasteiger partial charge in [0.25, 0.3) is 0 Å². The average molecular weight is 260 g/mol. The lowest BCUT2D eigenvalue weighted by Gasteiger charge is -2.17. The fraction of sp³-hybridized carbons (Fsp3) is 0.250. The molecule has 0 fully saturated rings. The number of nitrogens with one attached hydrogen (secondary N) is 2. The number of pyridine rings is 1. The summed E-state index contributed by atoms with van der Waals surface area (Å²) in [4.78, 5) is 12.2. The number of nitrogens with two attached hydrogens (primary N) is 1. The van der Waals surface area contributed by atoms with Crippen molar-refractivity contribution in [2.24, 2.45) is 5.84 Å². The van der Waals surface area contributed by atoms with Gasteiger partial charge in [-0.3, -0.25) is 4.98 Å². The highest BCUT2D eigenvalue weighted by molar-refractivity contribution is 5.63. The Hall–Kier alpha value is -2.41. The van der Waals surface area contributed by atoms with Crippen molar-refractivity contribution in [1.82, 2.24) is 15.0 Å². The molecule has 1 atom stereocenters. The first-order valence-electron chi connectivity index (χ1n) is 5.78. The molecule has 0 bridgehead atoms. The van der Waals surface area contributed by atoms with Gasteiger partial charge in [0.2, 0.25) is 5.75 Å². The number of aromatic nitrogens is 3. The number of hydrazine groups is 1. The van der Waals surface area contributed by atoms with Crippen LogP contribution in [0.5, 0.6) is 5.75 Å². The van der Waals surface area contributed by atoms with Crippen LogP contribution < -0.4 is 21.3 Å². The Kier molecular flexibility index (Phi) is 4.09. The maximum atomic E-state index is 5.38. The highest BCUT2D eigenvalue weighted by atomic mass is 16.5. The molecule has 0 spiro atoms. The number of ether oxygens (including phenoxy) is 1. The zero-order valence-corrected chi connectivity index (χ0v) is 10.8. The lowest BCUT2D eigenvalue weighted by molar-refractivity contribution is 0.414. The van der Waals surface area contributed by atoms with E-state index >= 15 is 0 Å². The molecular formula is C12H16N6O. The van der Waals surface area contributed by atoms with Crippen LogP contribution in [-0.4, -0.2) is 22.1 Å². The van der Waals surface area contributed by atoms with Gasteiger partial charge in [0.1, 0.15) is 6.33 Å². The van der Waals surface area contributed by atoms with Crippen LogP contribution in [0.15, 0.2) is 30.9 Å². The zero-order valence-electron chi connectivity index (χ0n) is 10.8. The van der Waals surface area contributed by atoms with E-state index in [2.05, 4.69) is 25.7 Å². The van der Waals surface area contributed by atoms with Gasteiger partial charge in [-0.05, 0) is 18.6 Å². The summed E-state index contributed by atoms with van der Waals surface area (Å²) in [5.41, 5.74) is 3.52. The second-order valence-corrected chi connectivity index (χ2v) is 3.90. The van der Waals surface area contributed by atoms with Gasteiger partial charge in [-0.2, -0.15) is 0 Å². The molecule has 0 radical (unpaired) electrons. The molecule has 0 amide bonds. The standard InChI is InChI=1S/C12H16N6O/c1-8(9-4-3-5-14-6-9)17-11-10(19-2)12(18-13)16-7-15-11/h3-8H,13H2,1-2H3,(H2,15,16,17,18). The molecule has 19 heavy (non-hydrogen) atoms. The van der Waals surface area contributed by atoms with Gasteiger partial charge in [-0.25, -0.2) is 15.8 Å². The number of nitrogen functional groups attached to an aromatic ring is 1. The molecule has 4 N–H and O–H groups in total. The smallest absolute Gasteiger partial charge is 0.205 e. The Morgan fingerprint density at radius 1 is 1.32 bits per heavy atom. The third kappa shape index (κ3) is 2.89. The van der Waals surface area contributed by atoms with Crippen molar-refractivity contribution in [2.75, 3.05) is 17.9 Å². The summed E-state index contributed by atoms with van der Waals surface area (Å²) >= 11 is 0. The quantitative estimate of drug-likeness (QED) is 0.551. The van der Waals surface area contributed by atoms with E-state index in [4.69, 9.17) is 10.6 Å². The molecule has 0 aromatic carbocycles. The Balaban J connectivity index is 2.24. The first-order valence-corrected chi connectivity index (χ1v) is 5.78. The van der Waals surface area contributed by atoms with Gasteiger partial charge >= 0.3 is 0 Å². The number of rotatable bonds is 5. The third-order valence-corrected chi connectivity index (χ3v) is 2.68. The number of methoxy groups -OCH3 is 1. The molecule has 2 heterocycles. The highest BCUT2D eigenvalue weighted by Gasteiger charge is 2.14. The van der Waals surface area contributed by atoms with Crippen molar-refractivity contribution in [2.45, 2.75) is 13.0 Å². The number of hydrogen-bond donors (Lipinski definition) is 3. The van der Waals surface area contributed by atoms with Crippen LogP contribution in [0.1, 0.15) is 18.5 Å². The van der Waals surface area contributed by atoms with Crippen molar-refractivity contribution in [3.63, 3.8) is 0 Å². The predicted molar refractivity (Wildman–Crippen MR) is 72.7 cm³/mol. The van der Waals surface area contributed by atoms with Crippen LogP contribution in [0, 0.1) is 0 Å². The fourth-order valence-corrected chi connectivity index (χ4v) is 1.69. The molecule has 7 heteroatoms. The average Bonchev–Trinajstić information content (AvgIpc) is 2.47. The Morgan fingerprint density at radius 3 is 2.74 bits per heavy atom. The summed E-state index contributed by atoms with van der Waals surface area (Å²) < 4.78 is 5.26. The second-order valence-electron chi connectivity index (χ2n) is 3.90. The van der Waals surface area contributed by atoms with E-state index in [9.17, 15) is 0 Å². The molecule has 0 aliphatic carbocycles. The lowest BCUT2D eigenvalue weighted by Crippen LogP contribution is -2.14. The van der Waals surface area contributed by atoms with Gasteiger partial charge in [-0.1, -0.05) is 6.07 Å². The molecule has 0 aliphatic rings. The first-order chi connectivity index (χ1) is 9.26. The topological polar surface area (TPSA) is 98.0 Å². The van der Waals surface area contributed by atoms with Crippen LogP contribution in [0.3, 0.4) is 0 Å². The zero-order chi connectivity index (χ0) is 13.7. The Labute approximate surface area is 111 Å². The van der Waals surface area contributed by atoms with Crippen LogP contribution in [0.2, 0.25) is 0 Å². The highest BCUT2D eigenvalue weighted by Crippen LogP contribution is 2.30. The summed E-state index contributed by atoms with van der Waals surface area (Å²) in [5, 5.41) is 3.24. The molecule has 0 aliphatic heterocycles. The Morgan fingerprint density at radius 2 is 2.11 bits per heavy atom. The van der Waals surface area contributed by atoms with Gasteiger partial charge in [-0.15, -0.1) is 0 Å². The molecule has 7 nitrogen and oxygen atoms in total. The van der Waals surface area contributed by atoms with Crippen molar-refractivity contribution >= 4 is 11.6 Å². The second kappa shape index (κ2) is 5.96. The summed E-state index contributed by atoms with van der Waals surface area (Å²) in [6, 6.07) is 3.90. The molecule has 0 saturated heterocycles. The van der Waals surface area contributed by atoms with Crippen molar-refractivity contribution in [3.8, 4) is 5.75 Å².